The van der Waals surface area contributed by atoms with Crippen molar-refractivity contribution >= 4 is 33.2 Å². The normalized spacial score (nSPS) is 19.4. The van der Waals surface area contributed by atoms with Crippen molar-refractivity contribution in [3.63, 3.8) is 0 Å². The highest BCUT2D eigenvalue weighted by atomic mass is 35.5. The predicted octanol–water partition coefficient (Wildman–Crippen LogP) is 3.48. The number of nitrogens with one attached hydrogen (secondary N) is 1. The minimum atomic E-state index is -3.32. The van der Waals surface area contributed by atoms with Crippen molar-refractivity contribution in [2.24, 2.45) is 0 Å². The number of hydrogen-bond acceptors (Lipinski definition) is 3. The summed E-state index contributed by atoms with van der Waals surface area (Å²) in [6.45, 7) is 0.166. The summed E-state index contributed by atoms with van der Waals surface area (Å²) in [6.07, 6.45) is 0. The van der Waals surface area contributed by atoms with Gasteiger partial charge in [0.15, 0.2) is 9.84 Å². The molecule has 0 saturated carbocycles. The molecule has 0 spiro atoms. The highest BCUT2D eigenvalue weighted by Crippen LogP contribution is 2.28. The van der Waals surface area contributed by atoms with Crippen LogP contribution >= 0.6 is 11.6 Å². The van der Waals surface area contributed by atoms with E-state index in [0.29, 0.717) is 11.3 Å². The maximum Gasteiger partial charge on any atom is 0.321 e. The quantitative estimate of drug-likeness (QED) is 0.864. The molecule has 1 aliphatic rings. The first kappa shape index (κ1) is 17.7. The second-order valence-electron chi connectivity index (χ2n) is 5.77. The van der Waals surface area contributed by atoms with Gasteiger partial charge in [-0.25, -0.2) is 17.6 Å². The zero-order valence-corrected chi connectivity index (χ0v) is 14.7. The molecule has 5 nitrogen and oxygen atoms in total. The summed E-state index contributed by atoms with van der Waals surface area (Å²) in [6, 6.07) is 12.2. The number of carbonyl (C=O) groups is 1. The van der Waals surface area contributed by atoms with Gasteiger partial charge in [0, 0.05) is 18.8 Å². The molecule has 2 amide bonds. The van der Waals surface area contributed by atoms with Crippen molar-refractivity contribution in [3.05, 3.63) is 64.9 Å². The van der Waals surface area contributed by atoms with Crippen molar-refractivity contribution in [1.29, 1.82) is 0 Å². The first-order chi connectivity index (χ1) is 11.9. The molecular weight excluding hydrogens is 367 g/mol. The summed E-state index contributed by atoms with van der Waals surface area (Å²) in [4.78, 5) is 13.9. The van der Waals surface area contributed by atoms with E-state index >= 15 is 0 Å². The maximum absolute atomic E-state index is 13.2. The Morgan fingerprint density at radius 1 is 1.20 bits per heavy atom. The van der Waals surface area contributed by atoms with E-state index in [-0.39, 0.29) is 23.9 Å². The predicted molar refractivity (Wildman–Crippen MR) is 95.0 cm³/mol. The first-order valence-corrected chi connectivity index (χ1v) is 9.73. The molecule has 0 radical (unpaired) electrons. The number of halogens is 2. The second kappa shape index (κ2) is 7.01. The molecule has 1 N–H and O–H groups in total. The first-order valence-electron chi connectivity index (χ1n) is 7.64. The number of amides is 2. The number of rotatable bonds is 2. The van der Waals surface area contributed by atoms with E-state index in [1.165, 1.54) is 17.0 Å². The van der Waals surface area contributed by atoms with Crippen molar-refractivity contribution < 1.29 is 17.6 Å². The van der Waals surface area contributed by atoms with Crippen LogP contribution < -0.4 is 5.32 Å². The lowest BCUT2D eigenvalue weighted by Gasteiger charge is -2.32. The Hall–Kier alpha value is -2.12. The molecule has 0 aromatic heterocycles. The van der Waals surface area contributed by atoms with Crippen LogP contribution in [0.15, 0.2) is 48.5 Å². The lowest BCUT2D eigenvalue weighted by molar-refractivity contribution is 0.212. The van der Waals surface area contributed by atoms with Crippen LogP contribution in [0.1, 0.15) is 10.8 Å². The van der Waals surface area contributed by atoms with E-state index in [1.54, 1.807) is 24.3 Å². The number of benzene rings is 2. The van der Waals surface area contributed by atoms with E-state index in [2.05, 4.69) is 5.32 Å². The molecule has 3 rings (SSSR count). The fraction of sp³-hybridized carbons (Fsp3) is 0.235. The Bertz CT molecular complexity index is 890. The fourth-order valence-corrected chi connectivity index (χ4v) is 4.64. The summed E-state index contributed by atoms with van der Waals surface area (Å²) < 4.78 is 37.9. The molecule has 1 heterocycles. The van der Waals surface area contributed by atoms with Gasteiger partial charge in [0.2, 0.25) is 0 Å². The number of urea groups is 1. The lowest BCUT2D eigenvalue weighted by atomic mass is 10.1. The molecule has 2 aromatic carbocycles. The Balaban J connectivity index is 1.76. The number of nitrogens with zero attached hydrogens (tertiary/aromatic N) is 1. The minimum Gasteiger partial charge on any atom is -0.322 e. The van der Waals surface area contributed by atoms with Gasteiger partial charge in [-0.2, -0.15) is 0 Å². The summed E-state index contributed by atoms with van der Waals surface area (Å²) in [5.74, 6) is -0.683. The molecule has 0 aliphatic carbocycles. The van der Waals surface area contributed by atoms with Gasteiger partial charge in [0.1, 0.15) is 11.1 Å². The molecule has 1 aliphatic heterocycles. The highest BCUT2D eigenvalue weighted by Gasteiger charge is 2.35. The van der Waals surface area contributed by atoms with Gasteiger partial charge in [-0.15, -0.1) is 0 Å². The van der Waals surface area contributed by atoms with Gasteiger partial charge < -0.3 is 10.2 Å². The zero-order chi connectivity index (χ0) is 18.0. The average molecular weight is 383 g/mol. The van der Waals surface area contributed by atoms with Gasteiger partial charge in [0.05, 0.1) is 10.8 Å². The van der Waals surface area contributed by atoms with Crippen molar-refractivity contribution in [1.82, 2.24) is 4.90 Å². The van der Waals surface area contributed by atoms with Crippen molar-refractivity contribution in [3.8, 4) is 0 Å². The van der Waals surface area contributed by atoms with Crippen LogP contribution in [-0.2, 0) is 9.84 Å². The van der Waals surface area contributed by atoms with Crippen LogP contribution in [0.3, 0.4) is 0 Å². The fourth-order valence-electron chi connectivity index (χ4n) is 2.73. The zero-order valence-electron chi connectivity index (χ0n) is 13.2. The highest BCUT2D eigenvalue weighted by molar-refractivity contribution is 7.91. The molecule has 1 atom stereocenters. The maximum atomic E-state index is 13.2. The SMILES string of the molecule is O=C(Nc1ccc(F)c(Cl)c1)N1CCS(=O)(=O)[C@@H](c2ccccc2)C1. The smallest absolute Gasteiger partial charge is 0.321 e. The standard InChI is InChI=1S/C17H16ClFN2O3S/c18-14-10-13(6-7-15(14)19)20-17(22)21-8-9-25(23,24)16(11-21)12-4-2-1-3-5-12/h1-7,10,16H,8-9,11H2,(H,20,22)/t16-/m1/s1. The third-order valence-corrected chi connectivity index (χ3v) is 6.42. The number of hydrogen-bond donors (Lipinski definition) is 1. The van der Waals surface area contributed by atoms with Crippen LogP contribution in [0, 0.1) is 5.82 Å². The summed E-state index contributed by atoms with van der Waals surface area (Å²) >= 11 is 5.70. The van der Waals surface area contributed by atoms with Crippen LogP contribution in [0.25, 0.3) is 0 Å². The molecule has 132 valence electrons. The molecule has 1 saturated heterocycles. The van der Waals surface area contributed by atoms with Crippen LogP contribution in [0.4, 0.5) is 14.9 Å². The van der Waals surface area contributed by atoms with E-state index in [9.17, 15) is 17.6 Å². The summed E-state index contributed by atoms with van der Waals surface area (Å²) in [5.41, 5.74) is 1.01. The monoisotopic (exact) mass is 382 g/mol. The van der Waals surface area contributed by atoms with Crippen molar-refractivity contribution in [2.75, 3.05) is 24.2 Å². The third-order valence-electron chi connectivity index (χ3n) is 4.09. The largest absolute Gasteiger partial charge is 0.322 e. The molecular formula is C17H16ClFN2O3S. The molecule has 1 fully saturated rings. The Morgan fingerprint density at radius 3 is 2.60 bits per heavy atom. The third kappa shape index (κ3) is 3.93. The van der Waals surface area contributed by atoms with E-state index < -0.39 is 26.9 Å². The lowest BCUT2D eigenvalue weighted by Crippen LogP contribution is -2.47. The Labute approximate surface area is 150 Å². The molecule has 0 bridgehead atoms. The molecule has 25 heavy (non-hydrogen) atoms. The van der Waals surface area contributed by atoms with Crippen molar-refractivity contribution in [2.45, 2.75) is 5.25 Å². The molecule has 2 aromatic rings. The summed E-state index contributed by atoms with van der Waals surface area (Å²) in [7, 11) is -3.32. The summed E-state index contributed by atoms with van der Waals surface area (Å²) in [5, 5.41) is 1.76. The molecule has 8 heteroatoms. The second-order valence-corrected chi connectivity index (χ2v) is 8.48. The number of sulfone groups is 1. The average Bonchev–Trinajstić information content (AvgIpc) is 2.58. The van der Waals surface area contributed by atoms with Gasteiger partial charge in [-0.05, 0) is 23.8 Å². The minimum absolute atomic E-state index is 0.0626. The van der Waals surface area contributed by atoms with Gasteiger partial charge in [-0.3, -0.25) is 0 Å². The van der Waals surface area contributed by atoms with Crippen LogP contribution in [-0.4, -0.2) is 38.2 Å². The molecule has 0 unspecified atom stereocenters. The van der Waals surface area contributed by atoms with E-state index in [0.717, 1.165) is 6.07 Å². The van der Waals surface area contributed by atoms with E-state index in [1.807, 2.05) is 6.07 Å². The van der Waals surface area contributed by atoms with E-state index in [4.69, 9.17) is 11.6 Å². The Morgan fingerprint density at radius 2 is 1.92 bits per heavy atom. The number of anilines is 1. The van der Waals surface area contributed by atoms with Gasteiger partial charge in [0.25, 0.3) is 0 Å². The van der Waals surface area contributed by atoms with Crippen LogP contribution in [0.2, 0.25) is 5.02 Å². The van der Waals surface area contributed by atoms with Gasteiger partial charge >= 0.3 is 6.03 Å². The Kier molecular flexibility index (Phi) is 4.96. The number of carbonyl (C=O) groups excluding carboxylic acids is 1. The van der Waals surface area contributed by atoms with Crippen LogP contribution in [0.5, 0.6) is 0 Å². The van der Waals surface area contributed by atoms with Gasteiger partial charge in [-0.1, -0.05) is 41.9 Å². The topological polar surface area (TPSA) is 66.5 Å².